The lowest BCUT2D eigenvalue weighted by Crippen LogP contribution is -2.13. The zero-order chi connectivity index (χ0) is 20.8. The summed E-state index contributed by atoms with van der Waals surface area (Å²) >= 11 is 0.962. The lowest BCUT2D eigenvalue weighted by Gasteiger charge is -2.06. The molecule has 2 aromatic rings. The number of nitrogens with one attached hydrogen (secondary N) is 1. The second-order valence-electron chi connectivity index (χ2n) is 6.49. The van der Waals surface area contributed by atoms with E-state index in [2.05, 4.69) is 19.2 Å². The second kappa shape index (κ2) is 9.32. The molecule has 0 bridgehead atoms. The Morgan fingerprint density at radius 2 is 1.86 bits per heavy atom. The first-order valence-electron chi connectivity index (χ1n) is 8.93. The second-order valence-corrected chi connectivity index (χ2v) is 7.51. The molecule has 0 aliphatic heterocycles. The predicted octanol–water partition coefficient (Wildman–Crippen LogP) is 4.11. The fourth-order valence-electron chi connectivity index (χ4n) is 2.60. The molecule has 0 aliphatic carbocycles. The number of benzene rings is 1. The van der Waals surface area contributed by atoms with Gasteiger partial charge in [0.15, 0.2) is 0 Å². The Kier molecular flexibility index (Phi) is 7.12. The van der Waals surface area contributed by atoms with Gasteiger partial charge in [0, 0.05) is 6.08 Å². The Bertz CT molecular complexity index is 911. The molecule has 7 heteroatoms. The van der Waals surface area contributed by atoms with Crippen LogP contribution in [0.5, 0.6) is 0 Å². The highest BCUT2D eigenvalue weighted by Gasteiger charge is 2.25. The monoisotopic (exact) mass is 400 g/mol. The molecule has 28 heavy (non-hydrogen) atoms. The van der Waals surface area contributed by atoms with Gasteiger partial charge in [-0.2, -0.15) is 0 Å². The number of carbonyl (C=O) groups excluding carboxylic acids is 3. The number of amides is 2. The Labute approximate surface area is 168 Å². The summed E-state index contributed by atoms with van der Waals surface area (Å²) in [4.78, 5) is 36.4. The molecule has 148 valence electrons. The Morgan fingerprint density at radius 1 is 1.21 bits per heavy atom. The van der Waals surface area contributed by atoms with Crippen molar-refractivity contribution in [3.63, 3.8) is 0 Å². The molecule has 1 heterocycles. The van der Waals surface area contributed by atoms with Crippen LogP contribution in [0.25, 0.3) is 6.08 Å². The summed E-state index contributed by atoms with van der Waals surface area (Å²) in [6.07, 6.45) is 3.05. The largest absolute Gasteiger partial charge is 0.462 e. The summed E-state index contributed by atoms with van der Waals surface area (Å²) in [6.45, 7) is 7.69. The van der Waals surface area contributed by atoms with Crippen LogP contribution in [-0.2, 0) is 9.53 Å². The number of esters is 1. The van der Waals surface area contributed by atoms with Gasteiger partial charge in [-0.05, 0) is 42.5 Å². The van der Waals surface area contributed by atoms with Crippen LogP contribution >= 0.6 is 11.3 Å². The zero-order valence-electron chi connectivity index (χ0n) is 16.4. The summed E-state index contributed by atoms with van der Waals surface area (Å²) in [5.74, 6) is -1.25. The fraction of sp³-hybridized carbons (Fsp3) is 0.286. The summed E-state index contributed by atoms with van der Waals surface area (Å²) in [6, 6.07) is 7.90. The average Bonchev–Trinajstić information content (AvgIpc) is 2.96. The van der Waals surface area contributed by atoms with Crippen molar-refractivity contribution in [3.8, 4) is 0 Å². The SMILES string of the molecule is CCOC(=O)c1c(NC(=O)/C=C/c2ccc(C(C)C)cc2)sc(C(N)=O)c1C. The number of hydrogen-bond acceptors (Lipinski definition) is 5. The molecule has 0 saturated heterocycles. The molecule has 0 radical (unpaired) electrons. The van der Waals surface area contributed by atoms with Crippen LogP contribution in [0.4, 0.5) is 5.00 Å². The first-order chi connectivity index (χ1) is 13.2. The normalized spacial score (nSPS) is 11.0. The van der Waals surface area contributed by atoms with E-state index in [4.69, 9.17) is 10.5 Å². The van der Waals surface area contributed by atoms with E-state index in [0.29, 0.717) is 11.5 Å². The van der Waals surface area contributed by atoms with Gasteiger partial charge in [-0.25, -0.2) is 4.79 Å². The van der Waals surface area contributed by atoms with Crippen molar-refractivity contribution in [1.29, 1.82) is 0 Å². The number of carbonyl (C=O) groups is 3. The van der Waals surface area contributed by atoms with Gasteiger partial charge in [0.25, 0.3) is 5.91 Å². The van der Waals surface area contributed by atoms with E-state index in [1.54, 1.807) is 19.9 Å². The number of rotatable bonds is 7. The smallest absolute Gasteiger partial charge is 0.341 e. The highest BCUT2D eigenvalue weighted by Crippen LogP contribution is 2.33. The summed E-state index contributed by atoms with van der Waals surface area (Å²) in [5.41, 5.74) is 8.02. The number of nitrogens with two attached hydrogens (primary N) is 1. The van der Waals surface area contributed by atoms with Crippen LogP contribution in [0, 0.1) is 6.92 Å². The third-order valence-corrected chi connectivity index (χ3v) is 5.34. The van der Waals surface area contributed by atoms with Crippen molar-refractivity contribution in [2.45, 2.75) is 33.6 Å². The highest BCUT2D eigenvalue weighted by molar-refractivity contribution is 7.18. The number of primary amides is 1. The molecule has 0 fully saturated rings. The van der Waals surface area contributed by atoms with E-state index in [-0.39, 0.29) is 22.0 Å². The molecule has 1 aromatic heterocycles. The maximum absolute atomic E-state index is 12.3. The Hall–Kier alpha value is -2.93. The van der Waals surface area contributed by atoms with E-state index in [1.165, 1.54) is 11.6 Å². The van der Waals surface area contributed by atoms with Gasteiger partial charge >= 0.3 is 5.97 Å². The molecule has 6 nitrogen and oxygen atoms in total. The third-order valence-electron chi connectivity index (χ3n) is 4.12. The van der Waals surface area contributed by atoms with Crippen LogP contribution in [0.2, 0.25) is 0 Å². The standard InChI is InChI=1S/C21H24N2O4S/c1-5-27-21(26)17-13(4)18(19(22)25)28-20(17)23-16(24)11-8-14-6-9-15(10-7-14)12(2)3/h6-12H,5H2,1-4H3,(H2,22,25)(H,23,24)/b11-8+. The van der Waals surface area contributed by atoms with Gasteiger partial charge < -0.3 is 15.8 Å². The van der Waals surface area contributed by atoms with E-state index in [9.17, 15) is 14.4 Å². The summed E-state index contributed by atoms with van der Waals surface area (Å²) in [5, 5.41) is 2.89. The van der Waals surface area contributed by atoms with Crippen molar-refractivity contribution in [2.24, 2.45) is 5.73 Å². The van der Waals surface area contributed by atoms with Gasteiger partial charge in [-0.3, -0.25) is 9.59 Å². The third kappa shape index (κ3) is 5.07. The number of thiophene rings is 1. The first kappa shape index (κ1) is 21.4. The minimum Gasteiger partial charge on any atom is -0.462 e. The maximum atomic E-state index is 12.3. The number of anilines is 1. The van der Waals surface area contributed by atoms with Crippen molar-refractivity contribution in [3.05, 3.63) is 57.5 Å². The first-order valence-corrected chi connectivity index (χ1v) is 9.75. The quantitative estimate of drug-likeness (QED) is 0.540. The van der Waals surface area contributed by atoms with Crippen LogP contribution < -0.4 is 11.1 Å². The molecule has 0 aliphatic rings. The molecule has 2 rings (SSSR count). The van der Waals surface area contributed by atoms with Crippen LogP contribution in [0.3, 0.4) is 0 Å². The van der Waals surface area contributed by atoms with Gasteiger partial charge in [0.1, 0.15) is 5.00 Å². The van der Waals surface area contributed by atoms with Crippen LogP contribution in [0.15, 0.2) is 30.3 Å². The van der Waals surface area contributed by atoms with Gasteiger partial charge in [-0.15, -0.1) is 11.3 Å². The van der Waals surface area contributed by atoms with E-state index < -0.39 is 17.8 Å². The fourth-order valence-corrected chi connectivity index (χ4v) is 3.65. The molecular weight excluding hydrogens is 376 g/mol. The Morgan fingerprint density at radius 3 is 2.39 bits per heavy atom. The van der Waals surface area contributed by atoms with Gasteiger partial charge in [-0.1, -0.05) is 38.1 Å². The topological polar surface area (TPSA) is 98.5 Å². The Balaban J connectivity index is 2.21. The summed E-state index contributed by atoms with van der Waals surface area (Å²) < 4.78 is 5.03. The van der Waals surface area contributed by atoms with Crippen molar-refractivity contribution in [2.75, 3.05) is 11.9 Å². The minimum absolute atomic E-state index is 0.156. The van der Waals surface area contributed by atoms with E-state index >= 15 is 0 Å². The minimum atomic E-state index is -0.658. The number of hydrogen-bond donors (Lipinski definition) is 2. The van der Waals surface area contributed by atoms with Gasteiger partial charge in [0.2, 0.25) is 5.91 Å². The number of ether oxygens (including phenoxy) is 1. The molecule has 2 amide bonds. The van der Waals surface area contributed by atoms with Crippen molar-refractivity contribution in [1.82, 2.24) is 0 Å². The maximum Gasteiger partial charge on any atom is 0.341 e. The molecule has 0 saturated carbocycles. The molecule has 0 spiro atoms. The molecule has 3 N–H and O–H groups in total. The van der Waals surface area contributed by atoms with Crippen molar-refractivity contribution < 1.29 is 19.1 Å². The molecule has 1 aromatic carbocycles. The molecular formula is C21H24N2O4S. The highest BCUT2D eigenvalue weighted by atomic mass is 32.1. The molecule has 0 atom stereocenters. The summed E-state index contributed by atoms with van der Waals surface area (Å²) in [7, 11) is 0. The van der Waals surface area contributed by atoms with E-state index in [1.807, 2.05) is 24.3 Å². The van der Waals surface area contributed by atoms with Crippen LogP contribution in [0.1, 0.15) is 63.4 Å². The lowest BCUT2D eigenvalue weighted by molar-refractivity contribution is -0.111. The van der Waals surface area contributed by atoms with Crippen LogP contribution in [-0.4, -0.2) is 24.4 Å². The average molecular weight is 401 g/mol. The molecule has 0 unspecified atom stereocenters. The predicted molar refractivity (Wildman–Crippen MR) is 112 cm³/mol. The van der Waals surface area contributed by atoms with E-state index in [0.717, 1.165) is 16.9 Å². The van der Waals surface area contributed by atoms with Crippen molar-refractivity contribution >= 4 is 40.2 Å². The lowest BCUT2D eigenvalue weighted by atomic mass is 10.0. The van der Waals surface area contributed by atoms with Gasteiger partial charge in [0.05, 0.1) is 17.0 Å². The zero-order valence-corrected chi connectivity index (χ0v) is 17.2.